The number of nitrogens with one attached hydrogen (secondary N) is 3. The van der Waals surface area contributed by atoms with E-state index in [4.69, 9.17) is 0 Å². The van der Waals surface area contributed by atoms with E-state index in [1.807, 2.05) is 24.3 Å². The van der Waals surface area contributed by atoms with Gasteiger partial charge in [0.1, 0.15) is 0 Å². The monoisotopic (exact) mass is 502 g/mol. The van der Waals surface area contributed by atoms with Crippen molar-refractivity contribution in [1.82, 2.24) is 10.6 Å². The summed E-state index contributed by atoms with van der Waals surface area (Å²) in [6.45, 7) is 6.35. The van der Waals surface area contributed by atoms with Crippen LogP contribution in [0.15, 0.2) is 48.7 Å². The molecular weight excluding hydrogens is 479 g/mol. The quantitative estimate of drug-likeness (QED) is 0.342. The molecule has 1 fully saturated rings. The van der Waals surface area contributed by atoms with Crippen molar-refractivity contribution in [2.24, 2.45) is 0 Å². The fourth-order valence-corrected chi connectivity index (χ4v) is 4.39. The van der Waals surface area contributed by atoms with Crippen LogP contribution in [0.25, 0.3) is 5.57 Å². The number of anilines is 2. The fourth-order valence-electron chi connectivity index (χ4n) is 3.90. The zero-order valence-electron chi connectivity index (χ0n) is 16.3. The second kappa shape index (κ2) is 8.16. The highest BCUT2D eigenvalue weighted by molar-refractivity contribution is 14.1. The maximum Gasteiger partial charge on any atom is 0.260 e. The molecule has 0 aromatic heterocycles. The van der Waals surface area contributed by atoms with E-state index in [0.29, 0.717) is 28.8 Å². The molecule has 0 bridgehead atoms. The van der Waals surface area contributed by atoms with Crippen molar-refractivity contribution in [3.05, 3.63) is 63.4 Å². The first-order chi connectivity index (χ1) is 13.9. The fraction of sp³-hybridized carbons (Fsp3) is 0.273. The van der Waals surface area contributed by atoms with E-state index >= 15 is 0 Å². The number of hydrogen-bond donors (Lipinski definition) is 3. The summed E-state index contributed by atoms with van der Waals surface area (Å²) < 4.78 is 0.971. The summed E-state index contributed by atoms with van der Waals surface area (Å²) in [6.07, 6.45) is 1.67. The smallest absolute Gasteiger partial charge is 0.260 e. The molecule has 7 heteroatoms. The van der Waals surface area contributed by atoms with Gasteiger partial charge >= 0.3 is 0 Å². The largest absolute Gasteiger partial charge is 0.368 e. The number of carbonyl (C=O) groups excluding carboxylic acids is 2. The third-order valence-electron chi connectivity index (χ3n) is 5.16. The van der Waals surface area contributed by atoms with E-state index < -0.39 is 5.91 Å². The van der Waals surface area contributed by atoms with Crippen molar-refractivity contribution >= 4 is 51.4 Å². The summed E-state index contributed by atoms with van der Waals surface area (Å²) in [7, 11) is 0. The number of benzene rings is 2. The zero-order chi connectivity index (χ0) is 20.5. The van der Waals surface area contributed by atoms with Gasteiger partial charge in [-0.3, -0.25) is 14.9 Å². The molecule has 6 nitrogen and oxygen atoms in total. The standard InChI is InChI=1S/C22H23IN4O2/c1-13-11-27(12-14(2)25-13)17-6-4-16(5-7-17)24-10-20-19-9-15(23)3-8-18(19)21(28)26-22(20)29/h3-10,13-14,24-25H,11-12H2,1-2H3,(H,26,28,29)/b20-10-. The van der Waals surface area contributed by atoms with Crippen LogP contribution >= 0.6 is 22.6 Å². The van der Waals surface area contributed by atoms with Crippen LogP contribution in [0.2, 0.25) is 0 Å². The molecule has 2 atom stereocenters. The summed E-state index contributed by atoms with van der Waals surface area (Å²) in [6, 6.07) is 14.6. The van der Waals surface area contributed by atoms with Crippen LogP contribution in [-0.2, 0) is 4.79 Å². The van der Waals surface area contributed by atoms with E-state index in [1.54, 1.807) is 12.3 Å². The van der Waals surface area contributed by atoms with Crippen LogP contribution in [0, 0.1) is 3.57 Å². The van der Waals surface area contributed by atoms with Crippen LogP contribution in [0.5, 0.6) is 0 Å². The molecule has 2 aromatic carbocycles. The van der Waals surface area contributed by atoms with Crippen molar-refractivity contribution < 1.29 is 9.59 Å². The van der Waals surface area contributed by atoms with Gasteiger partial charge in [-0.05, 0) is 78.9 Å². The molecule has 2 heterocycles. The lowest BCUT2D eigenvalue weighted by atomic mass is 9.95. The molecule has 2 amide bonds. The minimum absolute atomic E-state index is 0.359. The molecule has 2 aromatic rings. The Bertz CT molecular complexity index is 977. The summed E-state index contributed by atoms with van der Waals surface area (Å²) in [5.74, 6) is -0.750. The lowest BCUT2D eigenvalue weighted by Crippen LogP contribution is -2.54. The number of rotatable bonds is 3. The van der Waals surface area contributed by atoms with Crippen LogP contribution in [0.3, 0.4) is 0 Å². The van der Waals surface area contributed by atoms with E-state index in [-0.39, 0.29) is 5.91 Å². The number of nitrogens with zero attached hydrogens (tertiary/aromatic N) is 1. The van der Waals surface area contributed by atoms with Crippen molar-refractivity contribution in [1.29, 1.82) is 0 Å². The minimum atomic E-state index is -0.391. The number of imide groups is 1. The summed E-state index contributed by atoms with van der Waals surface area (Å²) >= 11 is 2.18. The Balaban J connectivity index is 1.54. The number of halogens is 1. The molecule has 0 saturated carbocycles. The summed E-state index contributed by atoms with van der Waals surface area (Å²) in [5, 5.41) is 9.14. The maximum absolute atomic E-state index is 12.4. The molecule has 0 radical (unpaired) electrons. The highest BCUT2D eigenvalue weighted by atomic mass is 127. The third kappa shape index (κ3) is 4.30. The first kappa shape index (κ1) is 19.9. The van der Waals surface area contributed by atoms with Crippen LogP contribution in [0.1, 0.15) is 29.8 Å². The van der Waals surface area contributed by atoms with Crippen molar-refractivity contribution in [3.63, 3.8) is 0 Å². The lowest BCUT2D eigenvalue weighted by molar-refractivity contribution is -0.114. The Morgan fingerprint density at radius 1 is 1.00 bits per heavy atom. The first-order valence-corrected chi connectivity index (χ1v) is 10.7. The molecule has 29 heavy (non-hydrogen) atoms. The highest BCUT2D eigenvalue weighted by Gasteiger charge is 2.27. The van der Waals surface area contributed by atoms with Crippen LogP contribution < -0.4 is 20.9 Å². The molecule has 2 unspecified atom stereocenters. The predicted molar refractivity (Wildman–Crippen MR) is 124 cm³/mol. The molecule has 2 aliphatic heterocycles. The van der Waals surface area contributed by atoms with Gasteiger partial charge in [0.05, 0.1) is 5.57 Å². The van der Waals surface area contributed by atoms with Gasteiger partial charge in [-0.2, -0.15) is 0 Å². The zero-order valence-corrected chi connectivity index (χ0v) is 18.5. The SMILES string of the molecule is CC1CN(c2ccc(N/C=C3\C(=O)NC(=O)c4ccc(I)cc43)cc2)CC(C)N1. The third-order valence-corrected chi connectivity index (χ3v) is 5.83. The number of carbonyl (C=O) groups is 2. The van der Waals surface area contributed by atoms with E-state index in [1.165, 1.54) is 5.69 Å². The average Bonchev–Trinajstić information content (AvgIpc) is 2.67. The molecule has 4 rings (SSSR count). The Hall–Kier alpha value is -2.39. The number of piperazine rings is 1. The van der Waals surface area contributed by atoms with Gasteiger partial charge in [-0.1, -0.05) is 0 Å². The van der Waals surface area contributed by atoms with E-state index in [0.717, 1.165) is 22.3 Å². The second-order valence-corrected chi connectivity index (χ2v) is 8.84. The Morgan fingerprint density at radius 3 is 2.38 bits per heavy atom. The van der Waals surface area contributed by atoms with Crippen LogP contribution in [0.4, 0.5) is 11.4 Å². The number of fused-ring (bicyclic) bond motifs is 1. The summed E-state index contributed by atoms with van der Waals surface area (Å²) in [4.78, 5) is 26.8. The van der Waals surface area contributed by atoms with Crippen molar-refractivity contribution in [2.75, 3.05) is 23.3 Å². The Labute approximate surface area is 183 Å². The lowest BCUT2D eigenvalue weighted by Gasteiger charge is -2.37. The van der Waals surface area contributed by atoms with Gasteiger partial charge in [0.15, 0.2) is 0 Å². The van der Waals surface area contributed by atoms with Crippen molar-refractivity contribution in [2.45, 2.75) is 25.9 Å². The Kier molecular flexibility index (Phi) is 5.60. The molecule has 3 N–H and O–H groups in total. The van der Waals surface area contributed by atoms with E-state index in [9.17, 15) is 9.59 Å². The number of hydrogen-bond acceptors (Lipinski definition) is 5. The molecule has 2 aliphatic rings. The maximum atomic E-state index is 12.4. The molecule has 150 valence electrons. The molecule has 0 aliphatic carbocycles. The minimum Gasteiger partial charge on any atom is -0.368 e. The topological polar surface area (TPSA) is 73.5 Å². The number of amides is 2. The Morgan fingerprint density at radius 2 is 1.69 bits per heavy atom. The average molecular weight is 502 g/mol. The second-order valence-electron chi connectivity index (χ2n) is 7.60. The predicted octanol–water partition coefficient (Wildman–Crippen LogP) is 3.20. The molecular formula is C22H23IN4O2. The normalized spacial score (nSPS) is 23.0. The van der Waals surface area contributed by atoms with Crippen molar-refractivity contribution in [3.8, 4) is 0 Å². The van der Waals surface area contributed by atoms with Gasteiger partial charge in [0.2, 0.25) is 0 Å². The van der Waals surface area contributed by atoms with Gasteiger partial charge in [-0.15, -0.1) is 0 Å². The summed E-state index contributed by atoms with van der Waals surface area (Å²) in [5.41, 5.74) is 3.68. The van der Waals surface area contributed by atoms with Gasteiger partial charge in [0, 0.05) is 57.4 Å². The first-order valence-electron chi connectivity index (χ1n) is 9.64. The van der Waals surface area contributed by atoms with Gasteiger partial charge < -0.3 is 15.5 Å². The molecule has 0 spiro atoms. The van der Waals surface area contributed by atoms with E-state index in [2.05, 4.69) is 69.4 Å². The van der Waals surface area contributed by atoms with Gasteiger partial charge in [0.25, 0.3) is 11.8 Å². The molecule has 1 saturated heterocycles. The highest BCUT2D eigenvalue weighted by Crippen LogP contribution is 2.27. The van der Waals surface area contributed by atoms with Gasteiger partial charge in [-0.25, -0.2) is 0 Å². The van der Waals surface area contributed by atoms with Crippen LogP contribution in [-0.4, -0.2) is 37.0 Å².